The van der Waals surface area contributed by atoms with E-state index in [1.165, 1.54) is 59.9 Å². The van der Waals surface area contributed by atoms with E-state index in [1.807, 2.05) is 18.2 Å². The van der Waals surface area contributed by atoms with Gasteiger partial charge in [-0.2, -0.15) is 0 Å². The molecule has 0 bridgehead atoms. The normalized spacial score (nSPS) is 11.6. The van der Waals surface area contributed by atoms with Crippen LogP contribution in [-0.4, -0.2) is 14.5 Å². The summed E-state index contributed by atoms with van der Waals surface area (Å²) in [4.78, 5) is 10.4. The molecule has 3 aromatic heterocycles. The number of rotatable bonds is 6. The Morgan fingerprint density at radius 1 is 0.393 bits per heavy atom. The van der Waals surface area contributed by atoms with E-state index < -0.39 is 0 Å². The monoisotopic (exact) mass is 731 g/mol. The number of hydrogen-bond donors (Lipinski definition) is 0. The van der Waals surface area contributed by atoms with Gasteiger partial charge in [-0.15, -0.1) is 11.3 Å². The Kier molecular flexibility index (Phi) is 7.68. The maximum Gasteiger partial charge on any atom is 0.160 e. The molecule has 0 atom stereocenters. The largest absolute Gasteiger partial charge is 0.309 e. The summed E-state index contributed by atoms with van der Waals surface area (Å²) in [6.45, 7) is 0. The molecule has 56 heavy (non-hydrogen) atoms. The van der Waals surface area contributed by atoms with Crippen LogP contribution in [0.15, 0.2) is 200 Å². The Labute approximate surface area is 328 Å². The third-order valence-corrected chi connectivity index (χ3v) is 12.0. The lowest BCUT2D eigenvalue weighted by molar-refractivity contribution is 1.18. The standard InChI is InChI=1S/C52H33N3S/c1-4-14-34(15-5-1)35-26-28-36(29-27-35)49-51-50(54-52(53-49)37-16-6-2-7-17-37)44-31-30-39(33-47(44)56-51)38-18-12-19-40(32-38)42-23-13-25-46-48(42)43-22-10-11-24-45(43)55(46)41-20-8-3-9-21-41/h1-33H. The average Bonchev–Trinajstić information content (AvgIpc) is 3.83. The minimum Gasteiger partial charge on any atom is -0.309 e. The number of nitrogens with zero attached hydrogens (tertiary/aromatic N) is 3. The van der Waals surface area contributed by atoms with Crippen molar-refractivity contribution in [1.29, 1.82) is 0 Å². The van der Waals surface area contributed by atoms with Crippen LogP contribution < -0.4 is 0 Å². The van der Waals surface area contributed by atoms with Gasteiger partial charge in [-0.25, -0.2) is 9.97 Å². The zero-order chi connectivity index (χ0) is 37.0. The molecule has 262 valence electrons. The minimum atomic E-state index is 0.736. The summed E-state index contributed by atoms with van der Waals surface area (Å²) in [5, 5.41) is 3.66. The van der Waals surface area contributed by atoms with E-state index in [9.17, 15) is 0 Å². The van der Waals surface area contributed by atoms with Crippen molar-refractivity contribution < 1.29 is 0 Å². The Morgan fingerprint density at radius 2 is 0.982 bits per heavy atom. The second-order valence-electron chi connectivity index (χ2n) is 14.2. The van der Waals surface area contributed by atoms with Gasteiger partial charge in [0, 0.05) is 37.7 Å². The maximum atomic E-state index is 5.23. The summed E-state index contributed by atoms with van der Waals surface area (Å²) in [6.07, 6.45) is 0. The topological polar surface area (TPSA) is 30.7 Å². The predicted molar refractivity (Wildman–Crippen MR) is 236 cm³/mol. The number of aromatic nitrogens is 3. The quantitative estimate of drug-likeness (QED) is 0.170. The lowest BCUT2D eigenvalue weighted by atomic mass is 9.95. The van der Waals surface area contributed by atoms with E-state index in [4.69, 9.17) is 9.97 Å². The molecule has 0 fully saturated rings. The van der Waals surface area contributed by atoms with Crippen LogP contribution in [0.3, 0.4) is 0 Å². The zero-order valence-electron chi connectivity index (χ0n) is 30.3. The van der Waals surface area contributed by atoms with Crippen molar-refractivity contribution in [2.24, 2.45) is 0 Å². The first-order chi connectivity index (χ1) is 27.8. The molecule has 0 aliphatic carbocycles. The molecule has 3 heterocycles. The fourth-order valence-electron chi connectivity index (χ4n) is 8.17. The van der Waals surface area contributed by atoms with Crippen LogP contribution in [-0.2, 0) is 0 Å². The van der Waals surface area contributed by atoms with E-state index >= 15 is 0 Å². The van der Waals surface area contributed by atoms with E-state index in [2.05, 4.69) is 187 Å². The van der Waals surface area contributed by atoms with Gasteiger partial charge in [0.05, 0.1) is 26.9 Å². The fourth-order valence-corrected chi connectivity index (χ4v) is 9.36. The van der Waals surface area contributed by atoms with Crippen LogP contribution in [0.4, 0.5) is 0 Å². The van der Waals surface area contributed by atoms with Crippen molar-refractivity contribution in [1.82, 2.24) is 14.5 Å². The Hall–Kier alpha value is -7.14. The summed E-state index contributed by atoms with van der Waals surface area (Å²) in [5.74, 6) is 0.736. The first kappa shape index (κ1) is 32.3. The predicted octanol–water partition coefficient (Wildman–Crippen LogP) is 14.3. The van der Waals surface area contributed by atoms with E-state index in [0.29, 0.717) is 0 Å². The number of thiophene rings is 1. The van der Waals surface area contributed by atoms with Gasteiger partial charge in [-0.05, 0) is 69.8 Å². The number of benzene rings is 8. The van der Waals surface area contributed by atoms with Crippen molar-refractivity contribution >= 4 is 53.4 Å². The summed E-state index contributed by atoms with van der Waals surface area (Å²) >= 11 is 1.77. The average molecular weight is 732 g/mol. The van der Waals surface area contributed by atoms with Crippen LogP contribution in [0.25, 0.3) is 104 Å². The van der Waals surface area contributed by atoms with E-state index in [1.54, 1.807) is 11.3 Å². The van der Waals surface area contributed by atoms with Gasteiger partial charge < -0.3 is 4.57 Å². The minimum absolute atomic E-state index is 0.736. The summed E-state index contributed by atoms with van der Waals surface area (Å²) in [6, 6.07) is 71.5. The second-order valence-corrected chi connectivity index (χ2v) is 15.2. The lowest BCUT2D eigenvalue weighted by Gasteiger charge is -2.10. The Balaban J connectivity index is 1.04. The molecule has 0 saturated heterocycles. The SMILES string of the molecule is c1ccc(-c2ccc(-c3nc(-c4ccccc4)nc4c3sc3cc(-c5cccc(-c6cccc7c6c6ccccc6n7-c6ccccc6)c5)ccc34)cc2)cc1. The van der Waals surface area contributed by atoms with Crippen molar-refractivity contribution in [3.63, 3.8) is 0 Å². The molecule has 11 rings (SSSR count). The van der Waals surface area contributed by atoms with Crippen LogP contribution in [0.5, 0.6) is 0 Å². The van der Waals surface area contributed by atoms with Crippen LogP contribution in [0.1, 0.15) is 0 Å². The van der Waals surface area contributed by atoms with Crippen molar-refractivity contribution in [2.45, 2.75) is 0 Å². The van der Waals surface area contributed by atoms with Gasteiger partial charge in [0.15, 0.2) is 5.82 Å². The molecule has 0 N–H and O–H groups in total. The highest BCUT2D eigenvalue weighted by Crippen LogP contribution is 2.43. The zero-order valence-corrected chi connectivity index (χ0v) is 31.1. The summed E-state index contributed by atoms with van der Waals surface area (Å²) in [5.41, 5.74) is 14.8. The van der Waals surface area contributed by atoms with Gasteiger partial charge in [-0.3, -0.25) is 0 Å². The molecule has 11 aromatic rings. The highest BCUT2D eigenvalue weighted by molar-refractivity contribution is 7.26. The molecule has 3 nitrogen and oxygen atoms in total. The molecular weight excluding hydrogens is 699 g/mol. The van der Waals surface area contributed by atoms with Gasteiger partial charge in [0.25, 0.3) is 0 Å². The molecule has 0 spiro atoms. The van der Waals surface area contributed by atoms with Gasteiger partial charge in [-0.1, -0.05) is 164 Å². The molecule has 0 radical (unpaired) electrons. The third-order valence-electron chi connectivity index (χ3n) is 10.8. The summed E-state index contributed by atoms with van der Waals surface area (Å²) in [7, 11) is 0. The highest BCUT2D eigenvalue weighted by Gasteiger charge is 2.19. The lowest BCUT2D eigenvalue weighted by Crippen LogP contribution is -1.93. The molecule has 8 aromatic carbocycles. The Bertz CT molecular complexity index is 3220. The van der Waals surface area contributed by atoms with E-state index in [-0.39, 0.29) is 0 Å². The second kappa shape index (κ2) is 13.3. The number of hydrogen-bond acceptors (Lipinski definition) is 3. The molecule has 0 unspecified atom stereocenters. The van der Waals surface area contributed by atoms with Crippen molar-refractivity contribution in [3.8, 4) is 61.7 Å². The fraction of sp³-hybridized carbons (Fsp3) is 0. The molecule has 0 aliphatic rings. The number of para-hydroxylation sites is 2. The first-order valence-electron chi connectivity index (χ1n) is 18.9. The molecule has 0 amide bonds. The summed E-state index contributed by atoms with van der Waals surface area (Å²) < 4.78 is 4.67. The number of fused-ring (bicyclic) bond motifs is 6. The maximum absolute atomic E-state index is 5.23. The third kappa shape index (κ3) is 5.42. The van der Waals surface area contributed by atoms with Crippen molar-refractivity contribution in [2.75, 3.05) is 0 Å². The van der Waals surface area contributed by atoms with Crippen LogP contribution in [0.2, 0.25) is 0 Å². The molecule has 0 aliphatic heterocycles. The highest BCUT2D eigenvalue weighted by atomic mass is 32.1. The first-order valence-corrected chi connectivity index (χ1v) is 19.7. The van der Waals surface area contributed by atoms with Gasteiger partial charge in [0.2, 0.25) is 0 Å². The van der Waals surface area contributed by atoms with Crippen LogP contribution >= 0.6 is 11.3 Å². The van der Waals surface area contributed by atoms with Gasteiger partial charge >= 0.3 is 0 Å². The smallest absolute Gasteiger partial charge is 0.160 e. The van der Waals surface area contributed by atoms with E-state index in [0.717, 1.165) is 43.9 Å². The van der Waals surface area contributed by atoms with Crippen LogP contribution in [0, 0.1) is 0 Å². The molecular formula is C52H33N3S. The molecule has 4 heteroatoms. The molecule has 0 saturated carbocycles. The van der Waals surface area contributed by atoms with Crippen molar-refractivity contribution in [3.05, 3.63) is 200 Å². The Morgan fingerprint density at radius 3 is 1.79 bits per heavy atom. The van der Waals surface area contributed by atoms with Gasteiger partial charge in [0.1, 0.15) is 0 Å².